The Kier molecular flexibility index (Phi) is 5.89. The molecule has 0 spiro atoms. The van der Waals surface area contributed by atoms with Crippen LogP contribution in [-0.2, 0) is 23.6 Å². The van der Waals surface area contributed by atoms with Crippen molar-refractivity contribution in [1.29, 1.82) is 5.26 Å². The van der Waals surface area contributed by atoms with Gasteiger partial charge in [-0.1, -0.05) is 12.1 Å². The molecule has 1 aliphatic carbocycles. The zero-order chi connectivity index (χ0) is 24.7. The minimum Gasteiger partial charge on any atom is -0.474 e. The number of hydrogen-bond acceptors (Lipinski definition) is 7. The molecule has 1 saturated carbocycles. The second-order valence-corrected chi connectivity index (χ2v) is 10.4. The maximum absolute atomic E-state index is 13.1. The van der Waals surface area contributed by atoms with E-state index in [2.05, 4.69) is 4.98 Å². The molecule has 0 aliphatic heterocycles. The number of ether oxygens (including phenoxy) is 1. The lowest BCUT2D eigenvalue weighted by atomic mass is 10.1. The molecule has 11 heteroatoms. The summed E-state index contributed by atoms with van der Waals surface area (Å²) >= 11 is 0. The molecule has 34 heavy (non-hydrogen) atoms. The first-order chi connectivity index (χ1) is 16.1. The lowest BCUT2D eigenvalue weighted by Crippen LogP contribution is -2.36. The van der Waals surface area contributed by atoms with E-state index < -0.39 is 26.2 Å². The second-order valence-electron chi connectivity index (χ2n) is 8.46. The van der Waals surface area contributed by atoms with Crippen molar-refractivity contribution in [3.63, 3.8) is 0 Å². The summed E-state index contributed by atoms with van der Waals surface area (Å²) < 4.78 is 29.5. The van der Waals surface area contributed by atoms with E-state index in [-0.39, 0.29) is 24.6 Å². The molecule has 2 N–H and O–H groups in total. The summed E-state index contributed by atoms with van der Waals surface area (Å²) in [7, 11) is -0.684. The van der Waals surface area contributed by atoms with Crippen LogP contribution in [0.2, 0.25) is 0 Å². The van der Waals surface area contributed by atoms with Crippen LogP contribution in [0.15, 0.2) is 47.4 Å². The normalized spacial score (nSPS) is 14.4. The van der Waals surface area contributed by atoms with Gasteiger partial charge in [-0.2, -0.15) is 5.26 Å². The number of amides is 1. The van der Waals surface area contributed by atoms with E-state index in [9.17, 15) is 18.0 Å². The molecule has 0 bridgehead atoms. The molecular weight excluding hydrogens is 458 g/mol. The van der Waals surface area contributed by atoms with E-state index in [0.717, 1.165) is 5.56 Å². The van der Waals surface area contributed by atoms with Gasteiger partial charge in [0.15, 0.2) is 0 Å². The molecule has 1 amide bonds. The molecule has 3 aromatic rings. The third kappa shape index (κ3) is 4.25. The Morgan fingerprint density at radius 2 is 1.97 bits per heavy atom. The lowest BCUT2D eigenvalue weighted by Gasteiger charge is -2.19. The molecule has 1 aromatic carbocycles. The van der Waals surface area contributed by atoms with Crippen LogP contribution in [0.5, 0.6) is 5.88 Å². The van der Waals surface area contributed by atoms with Crippen LogP contribution in [-0.4, -0.2) is 47.2 Å². The Hall–Kier alpha value is -3.75. The van der Waals surface area contributed by atoms with Crippen LogP contribution < -0.4 is 15.4 Å². The Balaban J connectivity index is 1.62. The number of aromatic nitrogens is 2. The summed E-state index contributed by atoms with van der Waals surface area (Å²) in [5.74, 6) is -0.366. The van der Waals surface area contributed by atoms with Crippen molar-refractivity contribution < 1.29 is 17.9 Å². The molecule has 0 atom stereocenters. The van der Waals surface area contributed by atoms with E-state index in [1.807, 2.05) is 6.07 Å². The predicted octanol–water partition coefficient (Wildman–Crippen LogP) is 1.28. The first-order valence-corrected chi connectivity index (χ1v) is 12.0. The number of pyridine rings is 2. The Morgan fingerprint density at radius 1 is 1.29 bits per heavy atom. The van der Waals surface area contributed by atoms with E-state index in [4.69, 9.17) is 15.1 Å². The van der Waals surface area contributed by atoms with Crippen molar-refractivity contribution in [3.8, 4) is 11.9 Å². The minimum atomic E-state index is -3.78. The molecule has 176 valence electrons. The average molecular weight is 482 g/mol. The van der Waals surface area contributed by atoms with E-state index in [1.165, 1.54) is 28.8 Å². The maximum Gasteiger partial charge on any atom is 0.263 e. The predicted molar refractivity (Wildman–Crippen MR) is 125 cm³/mol. The standard InChI is InChI=1S/C23H23N5O5S/c1-27(13-16-5-3-15(12-24)4-6-16)21(29)18-11-17-7-10-26-20(19(17)28(2)22(18)30)33-14-23(8-9-23)34(25,31)32/h3-7,10-11H,8-9,13-14H2,1-2H3,(H2,25,31,32). The number of rotatable bonds is 7. The fourth-order valence-corrected chi connectivity index (χ4v) is 4.64. The van der Waals surface area contributed by atoms with Crippen LogP contribution >= 0.6 is 0 Å². The first kappa shape index (κ1) is 23.4. The maximum atomic E-state index is 13.1. The van der Waals surface area contributed by atoms with Crippen molar-refractivity contribution >= 4 is 26.8 Å². The van der Waals surface area contributed by atoms with Gasteiger partial charge in [-0.25, -0.2) is 18.5 Å². The van der Waals surface area contributed by atoms with Gasteiger partial charge in [0.2, 0.25) is 15.9 Å². The molecule has 4 rings (SSSR count). The Bertz CT molecular complexity index is 1490. The smallest absolute Gasteiger partial charge is 0.263 e. The molecule has 1 aliphatic rings. The van der Waals surface area contributed by atoms with Gasteiger partial charge in [0.1, 0.15) is 22.4 Å². The van der Waals surface area contributed by atoms with Gasteiger partial charge in [0.25, 0.3) is 11.5 Å². The first-order valence-electron chi connectivity index (χ1n) is 10.4. The Morgan fingerprint density at radius 3 is 2.56 bits per heavy atom. The number of nitriles is 1. The molecule has 0 unspecified atom stereocenters. The summed E-state index contributed by atoms with van der Waals surface area (Å²) in [5.41, 5.74) is 1.13. The number of carbonyl (C=O) groups is 1. The largest absolute Gasteiger partial charge is 0.474 e. The van der Waals surface area contributed by atoms with Gasteiger partial charge in [-0.15, -0.1) is 0 Å². The third-order valence-corrected chi connectivity index (χ3v) is 7.79. The SMILES string of the molecule is CN(Cc1ccc(C#N)cc1)C(=O)c1cc2ccnc(OCC3(S(N)(=O)=O)CC3)c2n(C)c1=O. The zero-order valence-corrected chi connectivity index (χ0v) is 19.5. The van der Waals surface area contributed by atoms with Gasteiger partial charge in [0.05, 0.1) is 11.6 Å². The molecule has 10 nitrogen and oxygen atoms in total. The highest BCUT2D eigenvalue weighted by molar-refractivity contribution is 7.90. The van der Waals surface area contributed by atoms with E-state index in [0.29, 0.717) is 29.3 Å². The number of primary sulfonamides is 1. The van der Waals surface area contributed by atoms with Crippen LogP contribution in [0, 0.1) is 11.3 Å². The van der Waals surface area contributed by atoms with Gasteiger partial charge in [-0.3, -0.25) is 9.59 Å². The fraction of sp³-hybridized carbons (Fsp3) is 0.304. The molecule has 1 fully saturated rings. The molecular formula is C23H23N5O5S. The van der Waals surface area contributed by atoms with Crippen molar-refractivity contribution in [1.82, 2.24) is 14.5 Å². The van der Waals surface area contributed by atoms with Crippen molar-refractivity contribution in [2.24, 2.45) is 12.2 Å². The number of benzene rings is 1. The number of hydrogen-bond donors (Lipinski definition) is 1. The van der Waals surface area contributed by atoms with Crippen LogP contribution in [0.1, 0.15) is 34.3 Å². The number of aryl methyl sites for hydroxylation is 1. The fourth-order valence-electron chi connectivity index (χ4n) is 3.75. The molecule has 2 heterocycles. The molecule has 2 aromatic heterocycles. The average Bonchev–Trinajstić information content (AvgIpc) is 3.61. The van der Waals surface area contributed by atoms with E-state index in [1.54, 1.807) is 37.4 Å². The summed E-state index contributed by atoms with van der Waals surface area (Å²) in [4.78, 5) is 31.7. The van der Waals surface area contributed by atoms with Crippen molar-refractivity contribution in [2.75, 3.05) is 13.7 Å². The van der Waals surface area contributed by atoms with Gasteiger partial charge >= 0.3 is 0 Å². The monoisotopic (exact) mass is 481 g/mol. The quantitative estimate of drug-likeness (QED) is 0.534. The van der Waals surface area contributed by atoms with Crippen molar-refractivity contribution in [3.05, 3.63) is 69.6 Å². The van der Waals surface area contributed by atoms with Crippen molar-refractivity contribution in [2.45, 2.75) is 24.1 Å². The minimum absolute atomic E-state index is 0.0218. The van der Waals surface area contributed by atoms with Gasteiger partial charge < -0.3 is 14.2 Å². The van der Waals surface area contributed by atoms with Gasteiger partial charge in [0, 0.05) is 32.2 Å². The number of fused-ring (bicyclic) bond motifs is 1. The number of nitrogens with zero attached hydrogens (tertiary/aromatic N) is 4. The van der Waals surface area contributed by atoms with Crippen LogP contribution in [0.4, 0.5) is 0 Å². The topological polar surface area (TPSA) is 148 Å². The van der Waals surface area contributed by atoms with E-state index >= 15 is 0 Å². The zero-order valence-electron chi connectivity index (χ0n) is 18.7. The van der Waals surface area contributed by atoms with Crippen LogP contribution in [0.25, 0.3) is 10.9 Å². The number of sulfonamides is 1. The molecule has 0 radical (unpaired) electrons. The highest BCUT2D eigenvalue weighted by Crippen LogP contribution is 2.42. The summed E-state index contributed by atoms with van der Waals surface area (Å²) in [6.07, 6.45) is 2.27. The number of nitrogens with two attached hydrogens (primary N) is 1. The second kappa shape index (κ2) is 8.55. The summed E-state index contributed by atoms with van der Waals surface area (Å²) in [6.45, 7) is 0.0895. The molecule has 0 saturated heterocycles. The number of carbonyl (C=O) groups excluding carboxylic acids is 1. The lowest BCUT2D eigenvalue weighted by molar-refractivity contribution is 0.0783. The summed E-state index contributed by atoms with van der Waals surface area (Å²) in [5, 5.41) is 14.8. The highest BCUT2D eigenvalue weighted by atomic mass is 32.2. The van der Waals surface area contributed by atoms with Crippen LogP contribution in [0.3, 0.4) is 0 Å². The third-order valence-electron chi connectivity index (χ3n) is 6.06. The highest BCUT2D eigenvalue weighted by Gasteiger charge is 2.54. The summed E-state index contributed by atoms with van der Waals surface area (Å²) in [6, 6.07) is 12.0. The van der Waals surface area contributed by atoms with Gasteiger partial charge in [-0.05, 0) is 42.7 Å². The Labute approximate surface area is 196 Å².